The van der Waals surface area contributed by atoms with Gasteiger partial charge in [0, 0.05) is 12.8 Å². The summed E-state index contributed by atoms with van der Waals surface area (Å²) < 4.78 is 4.78. The first-order chi connectivity index (χ1) is 27.6. The van der Waals surface area contributed by atoms with Crippen molar-refractivity contribution in [3.8, 4) is 0 Å². The highest BCUT2D eigenvalue weighted by atomic mass is 16.5. The number of rotatable bonds is 14. The van der Waals surface area contributed by atoms with Gasteiger partial charge in [0.05, 0.1) is 18.9 Å². The Balaban J connectivity index is 0.000000218. The van der Waals surface area contributed by atoms with Crippen molar-refractivity contribution in [2.45, 2.75) is 37.8 Å². The van der Waals surface area contributed by atoms with E-state index in [0.717, 1.165) is 33.4 Å². The predicted molar refractivity (Wildman–Crippen MR) is 222 cm³/mol. The third-order valence-electron chi connectivity index (χ3n) is 9.90. The molecule has 0 aliphatic rings. The highest BCUT2D eigenvalue weighted by Gasteiger charge is 2.39. The van der Waals surface area contributed by atoms with Gasteiger partial charge in [-0.05, 0) is 33.4 Å². The van der Waals surface area contributed by atoms with Crippen LogP contribution in [-0.4, -0.2) is 36.0 Å². The Kier molecular flexibility index (Phi) is 14.3. The van der Waals surface area contributed by atoms with Crippen molar-refractivity contribution >= 4 is 23.8 Å². The predicted octanol–water partition coefficient (Wildman–Crippen LogP) is 8.50. The van der Waals surface area contributed by atoms with Crippen LogP contribution in [0, 0.1) is 11.8 Å². The number of hydrogen-bond acceptors (Lipinski definition) is 5. The normalized spacial score (nSPS) is 12.1. The number of amides is 2. The largest absolute Gasteiger partial charge is 0.481 e. The summed E-state index contributed by atoms with van der Waals surface area (Å²) in [5, 5.41) is 15.6. The first-order valence-electron chi connectivity index (χ1n) is 18.9. The van der Waals surface area contributed by atoms with Gasteiger partial charge in [0.2, 0.25) is 11.8 Å². The van der Waals surface area contributed by atoms with Gasteiger partial charge in [-0.25, -0.2) is 0 Å². The molecule has 3 N–H and O–H groups in total. The van der Waals surface area contributed by atoms with Gasteiger partial charge in [0.25, 0.3) is 0 Å². The fourth-order valence-corrected chi connectivity index (χ4v) is 7.01. The quantitative estimate of drug-likeness (QED) is 0.0757. The van der Waals surface area contributed by atoms with E-state index in [-0.39, 0.29) is 24.7 Å². The second-order valence-corrected chi connectivity index (χ2v) is 13.9. The molecule has 0 fully saturated rings. The molecule has 0 saturated heterocycles. The first kappa shape index (κ1) is 41.4. The minimum absolute atomic E-state index is 0.0426. The summed E-state index contributed by atoms with van der Waals surface area (Å²) >= 11 is 0. The highest BCUT2D eigenvalue weighted by molar-refractivity contribution is 5.85. The summed E-state index contributed by atoms with van der Waals surface area (Å²) in [6, 6.07) is 58.8. The van der Waals surface area contributed by atoms with Gasteiger partial charge in [-0.15, -0.1) is 0 Å². The Hall–Kier alpha value is -6.80. The molecule has 0 bridgehead atoms. The third kappa shape index (κ3) is 9.90. The molecule has 0 radical (unpaired) electrons. The number of carboxylic acid groups (broad SMARTS) is 1. The minimum atomic E-state index is -0.986. The topological polar surface area (TPSA) is 122 Å². The van der Waals surface area contributed by atoms with Crippen molar-refractivity contribution in [1.29, 1.82) is 0 Å². The molecule has 57 heavy (non-hydrogen) atoms. The van der Waals surface area contributed by atoms with Crippen LogP contribution in [0.15, 0.2) is 182 Å². The number of benzene rings is 6. The SMILES string of the molecule is COC(=O)[C@@H](C)CC(=O)NC(c1ccccc1)(c1ccccc1)c1ccccc1.C[C@@H](CC(=O)NC(c1ccccc1)(c1ccccc1)c1ccccc1)C(=O)O. The van der Waals surface area contributed by atoms with E-state index in [4.69, 9.17) is 4.74 Å². The number of hydrogen-bond donors (Lipinski definition) is 3. The van der Waals surface area contributed by atoms with Crippen LogP contribution in [0.1, 0.15) is 60.1 Å². The average Bonchev–Trinajstić information content (AvgIpc) is 3.26. The van der Waals surface area contributed by atoms with Gasteiger partial charge in [-0.2, -0.15) is 0 Å². The van der Waals surface area contributed by atoms with Gasteiger partial charge in [0.1, 0.15) is 11.1 Å². The molecule has 2 amide bonds. The summed E-state index contributed by atoms with van der Waals surface area (Å²) in [5.74, 6) is -3.21. The molecule has 8 nitrogen and oxygen atoms in total. The molecule has 290 valence electrons. The van der Waals surface area contributed by atoms with Crippen molar-refractivity contribution in [2.24, 2.45) is 11.8 Å². The number of carbonyl (C=O) groups excluding carboxylic acids is 3. The van der Waals surface area contributed by atoms with Crippen LogP contribution in [0.2, 0.25) is 0 Å². The first-order valence-corrected chi connectivity index (χ1v) is 18.9. The lowest BCUT2D eigenvalue weighted by atomic mass is 9.76. The molecule has 0 saturated carbocycles. The fourth-order valence-electron chi connectivity index (χ4n) is 7.01. The average molecular weight is 761 g/mol. The molecule has 6 rings (SSSR count). The van der Waals surface area contributed by atoms with Gasteiger partial charge in [-0.1, -0.05) is 196 Å². The number of nitrogens with one attached hydrogen (secondary N) is 2. The maximum absolute atomic E-state index is 13.1. The Labute approximate surface area is 334 Å². The van der Waals surface area contributed by atoms with Gasteiger partial charge in [0.15, 0.2) is 0 Å². The van der Waals surface area contributed by atoms with E-state index >= 15 is 0 Å². The Bertz CT molecular complexity index is 1990. The summed E-state index contributed by atoms with van der Waals surface area (Å²) in [4.78, 5) is 49.1. The molecule has 0 unspecified atom stereocenters. The second kappa shape index (κ2) is 19.7. The molecule has 0 heterocycles. The molecular weight excluding hydrogens is 713 g/mol. The van der Waals surface area contributed by atoms with E-state index in [2.05, 4.69) is 10.6 Å². The maximum Gasteiger partial charge on any atom is 0.308 e. The van der Waals surface area contributed by atoms with Gasteiger partial charge < -0.3 is 20.5 Å². The van der Waals surface area contributed by atoms with Crippen molar-refractivity contribution in [3.05, 3.63) is 215 Å². The van der Waals surface area contributed by atoms with Crippen LogP contribution in [0.4, 0.5) is 0 Å². The lowest BCUT2D eigenvalue weighted by Gasteiger charge is -2.37. The van der Waals surface area contributed by atoms with E-state index < -0.39 is 34.9 Å². The Morgan fingerprint density at radius 2 is 0.684 bits per heavy atom. The van der Waals surface area contributed by atoms with E-state index in [1.54, 1.807) is 6.92 Å². The molecule has 6 aromatic carbocycles. The zero-order chi connectivity index (χ0) is 40.7. The lowest BCUT2D eigenvalue weighted by molar-refractivity contribution is -0.146. The zero-order valence-electron chi connectivity index (χ0n) is 32.4. The zero-order valence-corrected chi connectivity index (χ0v) is 32.4. The van der Waals surface area contributed by atoms with Crippen LogP contribution in [0.3, 0.4) is 0 Å². The van der Waals surface area contributed by atoms with E-state index in [1.165, 1.54) is 14.0 Å². The maximum atomic E-state index is 13.1. The monoisotopic (exact) mass is 760 g/mol. The molecule has 0 aliphatic heterocycles. The van der Waals surface area contributed by atoms with Crippen LogP contribution >= 0.6 is 0 Å². The number of methoxy groups -OCH3 is 1. The Morgan fingerprint density at radius 1 is 0.456 bits per heavy atom. The molecule has 0 aliphatic carbocycles. The third-order valence-corrected chi connectivity index (χ3v) is 9.90. The van der Waals surface area contributed by atoms with Crippen molar-refractivity contribution in [3.63, 3.8) is 0 Å². The number of aliphatic carboxylic acids is 1. The molecule has 8 heteroatoms. The standard InChI is InChI=1S/C25H25NO3.C24H23NO3/c1-19(24(28)29-2)18-23(27)26-25(20-12-6-3-7-13-20,21-14-8-4-9-15-21)22-16-10-5-11-17-22;1-18(23(27)28)17-22(26)25-24(19-11-5-2-6-12-19,20-13-7-3-8-14-20)21-15-9-4-10-16-21/h3-17,19H,18H2,1-2H3,(H,26,27);2-16,18H,17H2,1H3,(H,25,26)(H,27,28)/t19-;18-/m00/s1. The van der Waals surface area contributed by atoms with E-state index in [1.807, 2.05) is 182 Å². The Morgan fingerprint density at radius 3 is 0.895 bits per heavy atom. The summed E-state index contributed by atoms with van der Waals surface area (Å²) in [5.41, 5.74) is 3.75. The number of esters is 1. The molecule has 0 aromatic heterocycles. The molecule has 0 spiro atoms. The smallest absolute Gasteiger partial charge is 0.308 e. The number of carbonyl (C=O) groups is 4. The van der Waals surface area contributed by atoms with E-state index in [9.17, 15) is 24.3 Å². The van der Waals surface area contributed by atoms with Gasteiger partial charge >= 0.3 is 11.9 Å². The van der Waals surface area contributed by atoms with Crippen LogP contribution in [0.25, 0.3) is 0 Å². The summed E-state index contributed by atoms with van der Waals surface area (Å²) in [7, 11) is 1.33. The number of ether oxygens (including phenoxy) is 1. The van der Waals surface area contributed by atoms with Crippen LogP contribution < -0.4 is 10.6 Å². The fraction of sp³-hybridized carbons (Fsp3) is 0.184. The molecule has 2 atom stereocenters. The van der Waals surface area contributed by atoms with E-state index in [0.29, 0.717) is 0 Å². The molecular formula is C49H48N2O6. The van der Waals surface area contributed by atoms with Crippen molar-refractivity contribution in [2.75, 3.05) is 7.11 Å². The summed E-state index contributed by atoms with van der Waals surface area (Å²) in [6.45, 7) is 3.23. The summed E-state index contributed by atoms with van der Waals surface area (Å²) in [6.07, 6.45) is -0.0511. The van der Waals surface area contributed by atoms with Crippen LogP contribution in [-0.2, 0) is 35.0 Å². The lowest BCUT2D eigenvalue weighted by Crippen LogP contribution is -2.48. The van der Waals surface area contributed by atoms with Gasteiger partial charge in [-0.3, -0.25) is 19.2 Å². The van der Waals surface area contributed by atoms with Crippen LogP contribution in [0.5, 0.6) is 0 Å². The molecule has 6 aromatic rings. The second-order valence-electron chi connectivity index (χ2n) is 13.9. The minimum Gasteiger partial charge on any atom is -0.481 e. The van der Waals surface area contributed by atoms with Crippen molar-refractivity contribution < 1.29 is 29.0 Å². The highest BCUT2D eigenvalue weighted by Crippen LogP contribution is 2.38. The van der Waals surface area contributed by atoms with Crippen molar-refractivity contribution in [1.82, 2.24) is 10.6 Å². The number of carboxylic acids is 1.